The van der Waals surface area contributed by atoms with E-state index in [2.05, 4.69) is 26.6 Å². The van der Waals surface area contributed by atoms with E-state index in [9.17, 15) is 48.8 Å². The maximum atomic E-state index is 13.8. The second-order valence-corrected chi connectivity index (χ2v) is 15.3. The lowest BCUT2D eigenvalue weighted by Gasteiger charge is -2.27. The number of anilines is 1. The first-order valence-corrected chi connectivity index (χ1v) is 20.6. The third-order valence-corrected chi connectivity index (χ3v) is 10.3. The molecule has 6 amide bonds. The van der Waals surface area contributed by atoms with Gasteiger partial charge in [-0.3, -0.25) is 29.3 Å². The second-order valence-electron chi connectivity index (χ2n) is 15.3. The Bertz CT molecular complexity index is 2330. The summed E-state index contributed by atoms with van der Waals surface area (Å²) in [5.74, 6) is -4.30. The van der Waals surface area contributed by atoms with Gasteiger partial charge in [-0.15, -0.1) is 0 Å². The quantitative estimate of drug-likeness (QED) is 0.0189. The Labute approximate surface area is 372 Å². The molecule has 0 aromatic heterocycles. The van der Waals surface area contributed by atoms with E-state index in [1.807, 2.05) is 48.5 Å². The van der Waals surface area contributed by atoms with Crippen molar-refractivity contribution in [3.8, 4) is 16.9 Å². The molecule has 65 heavy (non-hydrogen) atoms. The number of nitro benzene ring substituents is 1. The highest BCUT2D eigenvalue weighted by atomic mass is 16.7. The number of nitrogens with one attached hydrogen (secondary N) is 5. The molecule has 3 atom stereocenters. The minimum atomic E-state index is -1.41. The van der Waals surface area contributed by atoms with Crippen molar-refractivity contribution >= 4 is 53.3 Å². The van der Waals surface area contributed by atoms with Crippen molar-refractivity contribution in [1.82, 2.24) is 21.3 Å². The Balaban J connectivity index is 1.19. The lowest BCUT2D eigenvalue weighted by atomic mass is 9.98. The van der Waals surface area contributed by atoms with Crippen molar-refractivity contribution in [2.24, 2.45) is 11.7 Å². The highest BCUT2D eigenvalue weighted by molar-refractivity contribution is 5.99. The normalized spacial score (nSPS) is 12.8. The molecule has 4 aromatic carbocycles. The number of hydrogen-bond donors (Lipinski definition) is 7. The molecule has 5 rings (SSSR count). The Morgan fingerprint density at radius 1 is 0.754 bits per heavy atom. The first-order chi connectivity index (χ1) is 31.1. The van der Waals surface area contributed by atoms with Crippen molar-refractivity contribution in [3.05, 3.63) is 124 Å². The molecule has 1 aliphatic rings. The summed E-state index contributed by atoms with van der Waals surface area (Å²) in [6.07, 6.45) is -2.62. The number of carboxylic acids is 1. The van der Waals surface area contributed by atoms with Gasteiger partial charge < -0.3 is 51.6 Å². The van der Waals surface area contributed by atoms with Crippen molar-refractivity contribution in [2.45, 2.75) is 70.2 Å². The number of nitrogens with two attached hydrogens (primary N) is 1. The van der Waals surface area contributed by atoms with E-state index >= 15 is 0 Å². The number of carbonyl (C=O) groups excluding carboxylic acids is 6. The van der Waals surface area contributed by atoms with E-state index in [0.717, 1.165) is 22.3 Å². The van der Waals surface area contributed by atoms with Gasteiger partial charge in [0.15, 0.2) is 0 Å². The van der Waals surface area contributed by atoms with E-state index < -0.39 is 77.4 Å². The monoisotopic (exact) mass is 895 g/mol. The van der Waals surface area contributed by atoms with Crippen LogP contribution in [0.4, 0.5) is 25.8 Å². The number of fused-ring (bicyclic) bond motifs is 3. The van der Waals surface area contributed by atoms with Crippen molar-refractivity contribution in [1.29, 1.82) is 0 Å². The van der Waals surface area contributed by atoms with Crippen LogP contribution < -0.4 is 37.1 Å². The van der Waals surface area contributed by atoms with Crippen LogP contribution in [0.3, 0.4) is 0 Å². The van der Waals surface area contributed by atoms with Gasteiger partial charge in [-0.2, -0.15) is 0 Å². The standard InChI is InChI=1S/C45H49N7O13/c1-26(2)39(51-41(56)37(21-22-38(53)54)50-44(59)63-25-35-33-10-5-3-8-31(33)32-9-4-6-11-34(32)35)42(57)49-36(12-7-23-47-43(46)58)40(55)48-28-15-13-27(14-16-28)24-64-45(60)65-30-19-17-29(18-20-30)52(61)62/h3-6,8-11,13-20,26,35-37,39H,7,12,21-25H2,1-2H3,(H,48,55)(H,49,57)(H,50,59)(H,51,56)(H,53,54)(H3,46,47,58)/t36-,37-,39-/m0/s1. The number of rotatable bonds is 21. The van der Waals surface area contributed by atoms with Crippen LogP contribution in [0.15, 0.2) is 97.1 Å². The summed E-state index contributed by atoms with van der Waals surface area (Å²) >= 11 is 0. The number of amides is 6. The van der Waals surface area contributed by atoms with Gasteiger partial charge in [0.05, 0.1) is 4.92 Å². The SMILES string of the molecule is CC(C)[C@H](NC(=O)[C@H](CCC(=O)O)NC(=O)OCC1c2ccccc2-c2ccccc21)C(=O)N[C@@H](CCCNC(N)=O)C(=O)Nc1ccc(COC(=O)Oc2ccc([N+](=O)[O-])cc2)cc1. The molecule has 0 unspecified atom stereocenters. The summed E-state index contributed by atoms with van der Waals surface area (Å²) in [6, 6.07) is 21.8. The number of primary amides is 1. The zero-order chi connectivity index (χ0) is 47.0. The summed E-state index contributed by atoms with van der Waals surface area (Å²) < 4.78 is 15.7. The third kappa shape index (κ3) is 14.0. The largest absolute Gasteiger partial charge is 0.514 e. The Morgan fingerprint density at radius 3 is 1.95 bits per heavy atom. The summed E-state index contributed by atoms with van der Waals surface area (Å²) in [7, 11) is 0. The number of hydrogen-bond acceptors (Lipinski definition) is 12. The lowest BCUT2D eigenvalue weighted by Crippen LogP contribution is -2.58. The number of nitrogens with zero attached hydrogens (tertiary/aromatic N) is 1. The predicted molar refractivity (Wildman–Crippen MR) is 233 cm³/mol. The van der Waals surface area contributed by atoms with Crippen molar-refractivity contribution in [3.63, 3.8) is 0 Å². The third-order valence-electron chi connectivity index (χ3n) is 10.3. The molecule has 1 aliphatic carbocycles. The molecular formula is C45H49N7O13. The summed E-state index contributed by atoms with van der Waals surface area (Å²) in [4.78, 5) is 99.6. The maximum absolute atomic E-state index is 13.8. The first-order valence-electron chi connectivity index (χ1n) is 20.6. The van der Waals surface area contributed by atoms with Crippen LogP contribution in [0.5, 0.6) is 5.75 Å². The average molecular weight is 896 g/mol. The number of aliphatic carboxylic acids is 1. The van der Waals surface area contributed by atoms with E-state index in [-0.39, 0.29) is 56.4 Å². The number of carbonyl (C=O) groups is 7. The number of non-ortho nitro benzene ring substituents is 1. The molecular weight excluding hydrogens is 847 g/mol. The van der Waals surface area contributed by atoms with Crippen molar-refractivity contribution < 1.29 is 57.8 Å². The highest BCUT2D eigenvalue weighted by Gasteiger charge is 2.33. The molecule has 20 nitrogen and oxygen atoms in total. The van der Waals surface area contributed by atoms with Crippen LogP contribution in [0, 0.1) is 16.0 Å². The number of alkyl carbamates (subject to hydrolysis) is 1. The first kappa shape index (κ1) is 48.0. The minimum Gasteiger partial charge on any atom is -0.481 e. The molecule has 0 saturated carbocycles. The topological polar surface area (TPSA) is 297 Å². The zero-order valence-electron chi connectivity index (χ0n) is 35.4. The molecule has 0 spiro atoms. The fourth-order valence-corrected chi connectivity index (χ4v) is 6.97. The molecule has 20 heteroatoms. The minimum absolute atomic E-state index is 0.0178. The molecule has 0 aliphatic heterocycles. The number of ether oxygens (including phenoxy) is 3. The van der Waals surface area contributed by atoms with E-state index in [0.29, 0.717) is 11.3 Å². The van der Waals surface area contributed by atoms with Gasteiger partial charge in [-0.25, -0.2) is 14.4 Å². The molecule has 0 saturated heterocycles. The lowest BCUT2D eigenvalue weighted by molar-refractivity contribution is -0.384. The molecule has 0 fully saturated rings. The average Bonchev–Trinajstić information content (AvgIpc) is 3.60. The van der Waals surface area contributed by atoms with Gasteiger partial charge in [0, 0.05) is 36.7 Å². The maximum Gasteiger partial charge on any atom is 0.514 e. The van der Waals surface area contributed by atoms with Crippen LogP contribution in [0.2, 0.25) is 0 Å². The molecule has 342 valence electrons. The number of carboxylic acid groups (broad SMARTS) is 1. The van der Waals surface area contributed by atoms with Gasteiger partial charge in [0.2, 0.25) is 17.7 Å². The van der Waals surface area contributed by atoms with E-state index in [1.54, 1.807) is 26.0 Å². The Morgan fingerprint density at radius 2 is 1.37 bits per heavy atom. The Hall–Kier alpha value is -8.03. The number of urea groups is 1. The van der Waals surface area contributed by atoms with E-state index in [1.165, 1.54) is 36.4 Å². The van der Waals surface area contributed by atoms with Gasteiger partial charge >= 0.3 is 24.2 Å². The number of nitro groups is 1. The molecule has 4 aromatic rings. The summed E-state index contributed by atoms with van der Waals surface area (Å²) in [5, 5.41) is 33.1. The van der Waals surface area contributed by atoms with Crippen LogP contribution in [-0.2, 0) is 35.3 Å². The van der Waals surface area contributed by atoms with Gasteiger partial charge in [0.1, 0.15) is 37.1 Å². The fourth-order valence-electron chi connectivity index (χ4n) is 6.97. The smallest absolute Gasteiger partial charge is 0.481 e. The Kier molecular flexibility index (Phi) is 16.9. The summed E-state index contributed by atoms with van der Waals surface area (Å²) in [5.41, 5.74) is 9.77. The van der Waals surface area contributed by atoms with Gasteiger partial charge in [-0.1, -0.05) is 74.5 Å². The molecule has 8 N–H and O–H groups in total. The van der Waals surface area contributed by atoms with Gasteiger partial charge in [0.25, 0.3) is 5.69 Å². The van der Waals surface area contributed by atoms with Crippen LogP contribution >= 0.6 is 0 Å². The number of benzene rings is 4. The van der Waals surface area contributed by atoms with Crippen molar-refractivity contribution in [2.75, 3.05) is 18.5 Å². The molecule has 0 bridgehead atoms. The van der Waals surface area contributed by atoms with Crippen LogP contribution in [-0.4, -0.2) is 83.3 Å². The zero-order valence-corrected chi connectivity index (χ0v) is 35.4. The molecule has 0 radical (unpaired) electrons. The fraction of sp³-hybridized carbons (Fsp3) is 0.311. The van der Waals surface area contributed by atoms with Gasteiger partial charge in [-0.05, 0) is 77.3 Å². The van der Waals surface area contributed by atoms with Crippen LogP contribution in [0.1, 0.15) is 62.1 Å². The second kappa shape index (κ2) is 22.9. The summed E-state index contributed by atoms with van der Waals surface area (Å²) in [6.45, 7) is 3.08. The van der Waals surface area contributed by atoms with E-state index in [4.69, 9.17) is 19.9 Å². The highest BCUT2D eigenvalue weighted by Crippen LogP contribution is 2.44. The predicted octanol–water partition coefficient (Wildman–Crippen LogP) is 5.10. The van der Waals surface area contributed by atoms with Crippen LogP contribution in [0.25, 0.3) is 11.1 Å². The molecule has 0 heterocycles.